The molecule has 5 rings (SSSR count). The van der Waals surface area contributed by atoms with Gasteiger partial charge in [0.15, 0.2) is 23.0 Å². The predicted octanol–water partition coefficient (Wildman–Crippen LogP) is 5.83. The van der Waals surface area contributed by atoms with Crippen molar-refractivity contribution >= 4 is 64.3 Å². The zero-order chi connectivity index (χ0) is 45.1. The maximum absolute atomic E-state index is 13.2. The second-order valence-corrected chi connectivity index (χ2v) is 13.2. The number of benzene rings is 5. The molecule has 0 aliphatic heterocycles. The molecule has 5 amide bonds. The lowest BCUT2D eigenvalue weighted by Gasteiger charge is -2.17. The second-order valence-electron chi connectivity index (χ2n) is 13.2. The molecule has 0 heterocycles. The fourth-order valence-corrected chi connectivity index (χ4v) is 5.82. The summed E-state index contributed by atoms with van der Waals surface area (Å²) in [6.07, 6.45) is 7.00. The summed E-state index contributed by atoms with van der Waals surface area (Å²) in [4.78, 5) is 76.7. The fourth-order valence-electron chi connectivity index (χ4n) is 5.82. The van der Waals surface area contributed by atoms with Crippen LogP contribution >= 0.6 is 0 Å². The number of carbonyl (C=O) groups is 6. The van der Waals surface area contributed by atoms with Crippen LogP contribution in [0.25, 0.3) is 6.08 Å². The first-order chi connectivity index (χ1) is 29.6. The molecule has 0 fully saturated rings. The van der Waals surface area contributed by atoms with Crippen molar-refractivity contribution in [3.05, 3.63) is 130 Å². The number of hydrogen-bond donors (Lipinski definition) is 9. The topological polar surface area (TPSA) is 262 Å². The normalized spacial score (nSPS) is 11.2. The summed E-state index contributed by atoms with van der Waals surface area (Å²) >= 11 is 0. The first-order valence-corrected chi connectivity index (χ1v) is 18.3. The number of carboxylic acids is 1. The highest BCUT2D eigenvalue weighted by atomic mass is 16.5. The lowest BCUT2D eigenvalue weighted by molar-refractivity contribution is -0.118. The van der Waals surface area contributed by atoms with Crippen LogP contribution in [0.1, 0.15) is 60.3 Å². The minimum absolute atomic E-state index is 0.00792. The molecule has 0 aliphatic carbocycles. The van der Waals surface area contributed by atoms with E-state index in [4.69, 9.17) is 15.9 Å². The van der Waals surface area contributed by atoms with E-state index < -0.39 is 52.7 Å². The van der Waals surface area contributed by atoms with Crippen LogP contribution in [0.3, 0.4) is 0 Å². The Kier molecular flexibility index (Phi) is 14.1. The van der Waals surface area contributed by atoms with Gasteiger partial charge < -0.3 is 56.5 Å². The molecule has 316 valence electrons. The number of aromatic carboxylic acids is 1. The van der Waals surface area contributed by atoms with Gasteiger partial charge in [-0.05, 0) is 103 Å². The fraction of sp³-hybridized carbons (Fsp3) is 0.111. The molecule has 0 saturated carbocycles. The van der Waals surface area contributed by atoms with Gasteiger partial charge >= 0.3 is 5.97 Å². The van der Waals surface area contributed by atoms with Gasteiger partial charge in [-0.15, -0.1) is 12.3 Å². The van der Waals surface area contributed by atoms with Gasteiger partial charge in [0.1, 0.15) is 17.4 Å². The molecule has 1 atom stereocenters. The summed E-state index contributed by atoms with van der Waals surface area (Å²) in [6.45, 7) is 1.63. The molecule has 0 aliphatic rings. The summed E-state index contributed by atoms with van der Waals surface area (Å²) in [5.41, 5.74) is 1.28. The molecule has 0 bridgehead atoms. The SMILES string of the molecule is C#CCC(NC(=O)c1ccc(NC(=O)C(C)=Cc2ccc(O)cc2)cc1)C(=O)Nc1ccc(C(=O)Nc2ccc(C(=O)Nc3ccc(C(=O)O)c(O)c3OC)c(O)c2OC)cc1. The third kappa shape index (κ3) is 10.6. The van der Waals surface area contributed by atoms with Gasteiger partial charge in [0, 0.05) is 34.5 Å². The molecule has 0 aromatic heterocycles. The number of hydrogen-bond acceptors (Lipinski definition) is 11. The van der Waals surface area contributed by atoms with Crippen molar-refractivity contribution in [2.75, 3.05) is 35.5 Å². The van der Waals surface area contributed by atoms with Gasteiger partial charge in [0.25, 0.3) is 23.6 Å². The molecule has 0 saturated heterocycles. The summed E-state index contributed by atoms with van der Waals surface area (Å²) in [7, 11) is 2.36. The number of nitrogens with one attached hydrogen (secondary N) is 5. The standard InChI is InChI=1S/C45H39N5O12/c1-5-6-35(50-42(56)27-9-13-28(14-10-27)46-40(54)24(2)23-25-7-17-30(51)18-8-25)44(58)47-29-15-11-26(12-16-29)41(55)48-33-21-19-31(36(52)38(33)61-3)43(57)49-34-22-20-32(45(59)60)37(53)39(34)62-4/h1,7-23,35,51-53H,6H2,2-4H3,(H,46,54)(H,47,58)(H,48,55)(H,49,57)(H,50,56)(H,59,60). The number of aromatic hydroxyl groups is 3. The quantitative estimate of drug-likeness (QED) is 0.0446. The average molecular weight is 842 g/mol. The van der Waals surface area contributed by atoms with E-state index in [1.807, 2.05) is 0 Å². The highest BCUT2D eigenvalue weighted by Gasteiger charge is 2.25. The number of ether oxygens (including phenoxy) is 2. The summed E-state index contributed by atoms with van der Waals surface area (Å²) in [6, 6.07) is 21.6. The van der Waals surface area contributed by atoms with Crippen LogP contribution < -0.4 is 36.1 Å². The highest BCUT2D eigenvalue weighted by molar-refractivity contribution is 6.11. The molecule has 0 spiro atoms. The van der Waals surface area contributed by atoms with Crippen LogP contribution in [0.5, 0.6) is 28.7 Å². The number of anilines is 4. The molecule has 17 nitrogen and oxygen atoms in total. The van der Waals surface area contributed by atoms with E-state index in [0.29, 0.717) is 11.3 Å². The van der Waals surface area contributed by atoms with E-state index in [1.165, 1.54) is 86.0 Å². The zero-order valence-electron chi connectivity index (χ0n) is 33.2. The number of phenols is 3. The number of carboxylic acid groups (broad SMARTS) is 1. The van der Waals surface area contributed by atoms with Gasteiger partial charge in [0.2, 0.25) is 5.91 Å². The van der Waals surface area contributed by atoms with E-state index in [2.05, 4.69) is 32.5 Å². The largest absolute Gasteiger partial charge is 0.508 e. The Hall–Kier alpha value is -8.78. The number of phenolic OH excluding ortho intramolecular Hbond substituents is 2. The van der Waals surface area contributed by atoms with Crippen molar-refractivity contribution in [2.24, 2.45) is 0 Å². The number of terminal acetylenes is 1. The minimum Gasteiger partial charge on any atom is -0.508 e. The van der Waals surface area contributed by atoms with Crippen molar-refractivity contribution in [3.63, 3.8) is 0 Å². The van der Waals surface area contributed by atoms with Gasteiger partial charge in [-0.2, -0.15) is 0 Å². The molecular weight excluding hydrogens is 803 g/mol. The second kappa shape index (κ2) is 19.8. The van der Waals surface area contributed by atoms with Gasteiger partial charge in [0.05, 0.1) is 31.2 Å². The van der Waals surface area contributed by atoms with Crippen LogP contribution in [0.15, 0.2) is 103 Å². The molecular formula is C45H39N5O12. The molecule has 0 radical (unpaired) electrons. The van der Waals surface area contributed by atoms with Gasteiger partial charge in [-0.25, -0.2) is 4.79 Å². The van der Waals surface area contributed by atoms with E-state index >= 15 is 0 Å². The van der Waals surface area contributed by atoms with Crippen molar-refractivity contribution in [1.29, 1.82) is 0 Å². The third-order valence-corrected chi connectivity index (χ3v) is 9.04. The Morgan fingerprint density at radius 1 is 0.645 bits per heavy atom. The van der Waals surface area contributed by atoms with E-state index in [-0.39, 0.29) is 63.3 Å². The highest BCUT2D eigenvalue weighted by Crippen LogP contribution is 2.40. The average Bonchev–Trinajstić information content (AvgIpc) is 3.24. The number of carbonyl (C=O) groups excluding carboxylic acids is 5. The molecule has 1 unspecified atom stereocenters. The van der Waals surface area contributed by atoms with Crippen LogP contribution in [0, 0.1) is 12.3 Å². The number of amides is 5. The van der Waals surface area contributed by atoms with Crippen LogP contribution in [0.2, 0.25) is 0 Å². The number of methoxy groups -OCH3 is 2. The Morgan fingerprint density at radius 3 is 1.68 bits per heavy atom. The number of rotatable bonds is 15. The minimum atomic E-state index is -1.42. The third-order valence-electron chi connectivity index (χ3n) is 9.04. The van der Waals surface area contributed by atoms with Crippen molar-refractivity contribution in [2.45, 2.75) is 19.4 Å². The Bertz CT molecular complexity index is 2620. The molecule has 5 aromatic rings. The smallest absolute Gasteiger partial charge is 0.339 e. The zero-order valence-corrected chi connectivity index (χ0v) is 33.2. The van der Waals surface area contributed by atoms with Gasteiger partial charge in [-0.3, -0.25) is 24.0 Å². The van der Waals surface area contributed by atoms with Crippen molar-refractivity contribution in [3.8, 4) is 41.1 Å². The summed E-state index contributed by atoms with van der Waals surface area (Å²) < 4.78 is 10.3. The summed E-state index contributed by atoms with van der Waals surface area (Å²) in [5, 5.41) is 52.9. The Balaban J connectivity index is 1.18. The van der Waals surface area contributed by atoms with E-state index in [9.17, 15) is 49.2 Å². The van der Waals surface area contributed by atoms with Crippen LogP contribution in [0.4, 0.5) is 22.7 Å². The molecule has 62 heavy (non-hydrogen) atoms. The van der Waals surface area contributed by atoms with Crippen molar-refractivity contribution < 1.29 is 58.7 Å². The lowest BCUT2D eigenvalue weighted by atomic mass is 10.1. The molecule has 5 aromatic carbocycles. The molecule has 9 N–H and O–H groups in total. The van der Waals surface area contributed by atoms with E-state index in [0.717, 1.165) is 18.7 Å². The first-order valence-electron chi connectivity index (χ1n) is 18.3. The summed E-state index contributed by atoms with van der Waals surface area (Å²) in [5.74, 6) is -4.04. The van der Waals surface area contributed by atoms with E-state index in [1.54, 1.807) is 25.1 Å². The Labute approximate surface area is 354 Å². The maximum Gasteiger partial charge on any atom is 0.339 e. The van der Waals surface area contributed by atoms with Crippen LogP contribution in [-0.2, 0) is 9.59 Å². The Morgan fingerprint density at radius 2 is 1.15 bits per heavy atom. The van der Waals surface area contributed by atoms with Gasteiger partial charge in [-0.1, -0.05) is 12.1 Å². The monoisotopic (exact) mass is 841 g/mol. The predicted molar refractivity (Wildman–Crippen MR) is 229 cm³/mol. The lowest BCUT2D eigenvalue weighted by Crippen LogP contribution is -2.43. The van der Waals surface area contributed by atoms with Crippen LogP contribution in [-0.4, -0.2) is 76.2 Å². The van der Waals surface area contributed by atoms with Crippen molar-refractivity contribution in [1.82, 2.24) is 5.32 Å². The first kappa shape index (κ1) is 44.3. The molecule has 17 heteroatoms. The maximum atomic E-state index is 13.2.